The van der Waals surface area contributed by atoms with E-state index in [4.69, 9.17) is 4.74 Å². The Balaban J connectivity index is 1.87. The minimum absolute atomic E-state index is 0.299. The number of carbonyl (C=O) groups excluding carboxylic acids is 1. The zero-order chi connectivity index (χ0) is 18.4. The molecule has 0 aromatic heterocycles. The lowest BCUT2D eigenvalue weighted by Crippen LogP contribution is -2.22. The molecule has 1 fully saturated rings. The summed E-state index contributed by atoms with van der Waals surface area (Å²) in [6.45, 7) is 3.94. The SMILES string of the molecule is CCC(CCC(C)C(=O)Oc1cc(F)c(F)c(F)c1)C1CCCCC1. The van der Waals surface area contributed by atoms with Crippen LogP contribution < -0.4 is 4.74 Å². The lowest BCUT2D eigenvalue weighted by molar-refractivity contribution is -0.138. The highest BCUT2D eigenvalue weighted by Gasteiger charge is 2.24. The van der Waals surface area contributed by atoms with E-state index in [0.717, 1.165) is 18.8 Å². The molecule has 1 aromatic rings. The molecule has 25 heavy (non-hydrogen) atoms. The maximum atomic E-state index is 13.2. The average Bonchev–Trinajstić information content (AvgIpc) is 2.60. The van der Waals surface area contributed by atoms with Gasteiger partial charge in [-0.15, -0.1) is 0 Å². The van der Waals surface area contributed by atoms with E-state index in [9.17, 15) is 18.0 Å². The van der Waals surface area contributed by atoms with Gasteiger partial charge in [-0.05, 0) is 24.7 Å². The third-order valence-corrected chi connectivity index (χ3v) is 5.39. The first-order valence-corrected chi connectivity index (χ1v) is 9.28. The van der Waals surface area contributed by atoms with E-state index < -0.39 is 23.4 Å². The van der Waals surface area contributed by atoms with Crippen LogP contribution in [0.3, 0.4) is 0 Å². The monoisotopic (exact) mass is 356 g/mol. The molecule has 1 aliphatic rings. The summed E-state index contributed by atoms with van der Waals surface area (Å²) >= 11 is 0. The van der Waals surface area contributed by atoms with E-state index in [1.54, 1.807) is 6.92 Å². The molecule has 1 aliphatic carbocycles. The largest absolute Gasteiger partial charge is 0.426 e. The van der Waals surface area contributed by atoms with Crippen molar-refractivity contribution in [3.63, 3.8) is 0 Å². The van der Waals surface area contributed by atoms with Crippen molar-refractivity contribution in [3.8, 4) is 5.75 Å². The lowest BCUT2D eigenvalue weighted by atomic mass is 9.76. The van der Waals surface area contributed by atoms with E-state index in [1.807, 2.05) is 0 Å². The highest BCUT2D eigenvalue weighted by atomic mass is 19.2. The molecular weight excluding hydrogens is 329 g/mol. The molecule has 140 valence electrons. The van der Waals surface area contributed by atoms with Crippen LogP contribution in [0, 0.1) is 35.2 Å². The zero-order valence-electron chi connectivity index (χ0n) is 15.0. The number of rotatable bonds is 7. The molecule has 2 unspecified atom stereocenters. The van der Waals surface area contributed by atoms with Crippen LogP contribution in [0.5, 0.6) is 5.75 Å². The summed E-state index contributed by atoms with van der Waals surface area (Å²) in [7, 11) is 0. The van der Waals surface area contributed by atoms with Crippen LogP contribution in [0.25, 0.3) is 0 Å². The molecular formula is C20H27F3O2. The molecule has 0 bridgehead atoms. The van der Waals surface area contributed by atoms with Crippen molar-refractivity contribution < 1.29 is 22.7 Å². The smallest absolute Gasteiger partial charge is 0.314 e. The topological polar surface area (TPSA) is 26.3 Å². The number of hydrogen-bond donors (Lipinski definition) is 0. The van der Waals surface area contributed by atoms with Gasteiger partial charge in [0, 0.05) is 12.1 Å². The molecule has 0 aliphatic heterocycles. The van der Waals surface area contributed by atoms with Crippen LogP contribution in [-0.2, 0) is 4.79 Å². The first-order valence-electron chi connectivity index (χ1n) is 9.28. The Kier molecular flexibility index (Phi) is 7.33. The van der Waals surface area contributed by atoms with Crippen LogP contribution in [0.1, 0.15) is 65.2 Å². The van der Waals surface area contributed by atoms with E-state index in [0.29, 0.717) is 24.5 Å². The molecule has 1 aromatic carbocycles. The highest BCUT2D eigenvalue weighted by Crippen LogP contribution is 2.35. The average molecular weight is 356 g/mol. The second kappa shape index (κ2) is 9.25. The third-order valence-electron chi connectivity index (χ3n) is 5.39. The second-order valence-electron chi connectivity index (χ2n) is 7.17. The molecule has 0 spiro atoms. The van der Waals surface area contributed by atoms with Crippen molar-refractivity contribution in [2.75, 3.05) is 0 Å². The fourth-order valence-corrected chi connectivity index (χ4v) is 3.77. The molecule has 2 rings (SSSR count). The Hall–Kier alpha value is -1.52. The number of halogens is 3. The van der Waals surface area contributed by atoms with Gasteiger partial charge in [0.25, 0.3) is 0 Å². The number of ether oxygens (including phenoxy) is 1. The molecule has 2 atom stereocenters. The molecule has 0 radical (unpaired) electrons. The van der Waals surface area contributed by atoms with Gasteiger partial charge in [0.2, 0.25) is 0 Å². The Morgan fingerprint density at radius 3 is 2.28 bits per heavy atom. The molecule has 2 nitrogen and oxygen atoms in total. The minimum Gasteiger partial charge on any atom is -0.426 e. The van der Waals surface area contributed by atoms with Gasteiger partial charge in [-0.2, -0.15) is 0 Å². The van der Waals surface area contributed by atoms with Crippen LogP contribution >= 0.6 is 0 Å². The van der Waals surface area contributed by atoms with Crippen molar-refractivity contribution in [1.29, 1.82) is 0 Å². The van der Waals surface area contributed by atoms with Gasteiger partial charge in [-0.3, -0.25) is 4.79 Å². The summed E-state index contributed by atoms with van der Waals surface area (Å²) in [5.74, 6) is -4.15. The summed E-state index contributed by atoms with van der Waals surface area (Å²) in [4.78, 5) is 12.1. The van der Waals surface area contributed by atoms with Gasteiger partial charge >= 0.3 is 5.97 Å². The lowest BCUT2D eigenvalue weighted by Gasteiger charge is -2.30. The molecule has 0 heterocycles. The summed E-state index contributed by atoms with van der Waals surface area (Å²) in [6, 6.07) is 1.39. The van der Waals surface area contributed by atoms with E-state index in [1.165, 1.54) is 32.1 Å². The minimum atomic E-state index is -1.56. The number of carbonyl (C=O) groups is 1. The molecule has 5 heteroatoms. The number of hydrogen-bond acceptors (Lipinski definition) is 2. The van der Waals surface area contributed by atoms with Crippen LogP contribution in [0.15, 0.2) is 12.1 Å². The Morgan fingerprint density at radius 1 is 1.12 bits per heavy atom. The predicted molar refractivity (Wildman–Crippen MR) is 90.7 cm³/mol. The number of benzene rings is 1. The highest BCUT2D eigenvalue weighted by molar-refractivity contribution is 5.74. The Morgan fingerprint density at radius 2 is 1.72 bits per heavy atom. The summed E-state index contributed by atoms with van der Waals surface area (Å²) in [5, 5.41) is 0. The van der Waals surface area contributed by atoms with Gasteiger partial charge in [0.15, 0.2) is 17.5 Å². The van der Waals surface area contributed by atoms with Gasteiger partial charge < -0.3 is 4.74 Å². The summed E-state index contributed by atoms with van der Waals surface area (Å²) < 4.78 is 44.3. The molecule has 0 saturated heterocycles. The maximum Gasteiger partial charge on any atom is 0.314 e. The zero-order valence-corrected chi connectivity index (χ0v) is 15.0. The standard InChI is InChI=1S/C20H27F3O2/c1-3-14(15-7-5-4-6-8-15)10-9-13(2)20(24)25-16-11-17(21)19(23)18(22)12-16/h11-15H,3-10H2,1-2H3. The quantitative estimate of drug-likeness (QED) is 0.339. The van der Waals surface area contributed by atoms with Gasteiger partial charge in [0.1, 0.15) is 5.75 Å². The summed E-state index contributed by atoms with van der Waals surface area (Å²) in [5.41, 5.74) is 0. The first kappa shape index (κ1) is 19.8. The Labute approximate surface area is 147 Å². The molecule has 0 N–H and O–H groups in total. The molecule has 0 amide bonds. The van der Waals surface area contributed by atoms with Crippen molar-refractivity contribution in [1.82, 2.24) is 0 Å². The fourth-order valence-electron chi connectivity index (χ4n) is 3.77. The van der Waals surface area contributed by atoms with Crippen LogP contribution in [0.2, 0.25) is 0 Å². The summed E-state index contributed by atoms with van der Waals surface area (Å²) in [6.07, 6.45) is 9.17. The van der Waals surface area contributed by atoms with Crippen molar-refractivity contribution >= 4 is 5.97 Å². The normalized spacial score (nSPS) is 18.0. The van der Waals surface area contributed by atoms with Crippen molar-refractivity contribution in [2.24, 2.45) is 17.8 Å². The van der Waals surface area contributed by atoms with Crippen LogP contribution in [0.4, 0.5) is 13.2 Å². The van der Waals surface area contributed by atoms with Gasteiger partial charge in [-0.1, -0.05) is 52.4 Å². The van der Waals surface area contributed by atoms with Crippen LogP contribution in [-0.4, -0.2) is 5.97 Å². The first-order chi connectivity index (χ1) is 11.9. The third kappa shape index (κ3) is 5.48. The van der Waals surface area contributed by atoms with Crippen molar-refractivity contribution in [2.45, 2.75) is 65.2 Å². The van der Waals surface area contributed by atoms with E-state index in [2.05, 4.69) is 6.92 Å². The fraction of sp³-hybridized carbons (Fsp3) is 0.650. The van der Waals surface area contributed by atoms with Gasteiger partial charge in [-0.25, -0.2) is 13.2 Å². The van der Waals surface area contributed by atoms with E-state index in [-0.39, 0.29) is 11.7 Å². The van der Waals surface area contributed by atoms with E-state index >= 15 is 0 Å². The predicted octanol–water partition coefficient (Wildman–Crippen LogP) is 6.03. The van der Waals surface area contributed by atoms with Crippen molar-refractivity contribution in [3.05, 3.63) is 29.6 Å². The Bertz CT molecular complexity index is 559. The second-order valence-corrected chi connectivity index (χ2v) is 7.17. The maximum absolute atomic E-state index is 13.2. The van der Waals surface area contributed by atoms with Gasteiger partial charge in [0.05, 0.1) is 5.92 Å². The number of esters is 1. The molecule has 1 saturated carbocycles.